The molecule has 3 atom stereocenters. The number of rotatable bonds is 7. The van der Waals surface area contributed by atoms with Crippen LogP contribution in [0.5, 0.6) is 11.5 Å². The molecule has 4 heterocycles. The lowest BCUT2D eigenvalue weighted by atomic mass is 10.0. The maximum absolute atomic E-state index is 13.1. The van der Waals surface area contributed by atoms with Crippen LogP contribution in [0.25, 0.3) is 22.3 Å². The fraction of sp³-hybridized carbons (Fsp3) is 0.375. The van der Waals surface area contributed by atoms with Crippen LogP contribution in [0.15, 0.2) is 73.1 Å². The number of amides is 1. The van der Waals surface area contributed by atoms with Gasteiger partial charge in [0.1, 0.15) is 29.3 Å². The van der Waals surface area contributed by atoms with Gasteiger partial charge in [0.15, 0.2) is 5.65 Å². The van der Waals surface area contributed by atoms with Gasteiger partial charge >= 0.3 is 0 Å². The Kier molecular flexibility index (Phi) is 6.88. The van der Waals surface area contributed by atoms with E-state index in [0.29, 0.717) is 11.7 Å². The van der Waals surface area contributed by atoms with E-state index >= 15 is 0 Å². The fourth-order valence-corrected chi connectivity index (χ4v) is 6.77. The normalized spacial score (nSPS) is 22.6. The minimum Gasteiger partial charge on any atom is -0.457 e. The van der Waals surface area contributed by atoms with E-state index in [1.807, 2.05) is 65.4 Å². The number of nitrogens with zero attached hydrogens (tertiary/aromatic N) is 6. The Balaban J connectivity index is 1.09. The van der Waals surface area contributed by atoms with E-state index in [1.165, 1.54) is 25.6 Å². The van der Waals surface area contributed by atoms with Crippen molar-refractivity contribution in [2.45, 2.75) is 44.2 Å². The van der Waals surface area contributed by atoms with Gasteiger partial charge in [-0.3, -0.25) is 9.69 Å². The van der Waals surface area contributed by atoms with Crippen LogP contribution in [-0.4, -0.2) is 67.7 Å². The van der Waals surface area contributed by atoms with Gasteiger partial charge in [0.05, 0.1) is 11.4 Å². The Bertz CT molecular complexity index is 1560. The Labute approximate surface area is 239 Å². The monoisotopic (exact) mass is 549 g/mol. The number of likely N-dealkylation sites (tertiary alicyclic amines) is 2. The van der Waals surface area contributed by atoms with E-state index in [0.717, 1.165) is 72.8 Å². The molecule has 2 aromatic carbocycles. The molecule has 0 spiro atoms. The third-order valence-electron chi connectivity index (χ3n) is 8.80. The summed E-state index contributed by atoms with van der Waals surface area (Å²) < 4.78 is 8.01. The van der Waals surface area contributed by atoms with Crippen LogP contribution in [0, 0.1) is 5.92 Å². The zero-order chi connectivity index (χ0) is 27.8. The van der Waals surface area contributed by atoms with Crippen molar-refractivity contribution in [3.8, 4) is 22.8 Å². The van der Waals surface area contributed by atoms with E-state index < -0.39 is 0 Å². The largest absolute Gasteiger partial charge is 0.457 e. The van der Waals surface area contributed by atoms with Crippen molar-refractivity contribution in [2.75, 3.05) is 31.9 Å². The molecule has 2 bridgehead atoms. The number of para-hydroxylation sites is 1. The number of carbonyl (C=O) groups is 1. The number of nitrogens with two attached hydrogens (primary N) is 1. The van der Waals surface area contributed by atoms with Crippen molar-refractivity contribution in [1.29, 1.82) is 0 Å². The average Bonchev–Trinajstić information content (AvgIpc) is 3.72. The molecule has 0 radical (unpaired) electrons. The van der Waals surface area contributed by atoms with Gasteiger partial charge in [-0.15, -0.1) is 0 Å². The van der Waals surface area contributed by atoms with E-state index in [1.54, 1.807) is 6.08 Å². The molecule has 3 fully saturated rings. The lowest BCUT2D eigenvalue weighted by Gasteiger charge is -2.31. The molecule has 7 rings (SSSR count). The SMILES string of the molecule is Nc1ncnc2c1c(-c1ccc(Oc3ccccc3)cc1)nn2C1CC2CC1CN2C(=O)/C=C/CN1CCCCC1. The fourth-order valence-electron chi connectivity index (χ4n) is 6.77. The molecule has 9 heteroatoms. The summed E-state index contributed by atoms with van der Waals surface area (Å²) in [6, 6.07) is 18.0. The molecule has 41 heavy (non-hydrogen) atoms. The molecule has 4 aromatic rings. The first-order chi connectivity index (χ1) is 20.1. The number of piperidine rings is 2. The third-order valence-corrected chi connectivity index (χ3v) is 8.80. The summed E-state index contributed by atoms with van der Waals surface area (Å²) in [6.07, 6.45) is 11.0. The van der Waals surface area contributed by atoms with Crippen molar-refractivity contribution < 1.29 is 9.53 Å². The molecule has 3 unspecified atom stereocenters. The van der Waals surface area contributed by atoms with Crippen molar-refractivity contribution in [3.63, 3.8) is 0 Å². The van der Waals surface area contributed by atoms with Crippen LogP contribution < -0.4 is 10.5 Å². The number of aromatic nitrogens is 4. The van der Waals surface area contributed by atoms with E-state index in [2.05, 4.69) is 19.8 Å². The summed E-state index contributed by atoms with van der Waals surface area (Å²) in [5.74, 6) is 2.40. The minimum atomic E-state index is 0.128. The second kappa shape index (κ2) is 11.0. The second-order valence-electron chi connectivity index (χ2n) is 11.4. The first kappa shape index (κ1) is 25.7. The second-order valence-corrected chi connectivity index (χ2v) is 11.4. The Hall–Kier alpha value is -4.24. The van der Waals surface area contributed by atoms with Crippen molar-refractivity contribution >= 4 is 22.8 Å². The Morgan fingerprint density at radius 3 is 2.51 bits per heavy atom. The summed E-state index contributed by atoms with van der Waals surface area (Å²) in [7, 11) is 0. The summed E-state index contributed by atoms with van der Waals surface area (Å²) >= 11 is 0. The highest BCUT2D eigenvalue weighted by Crippen LogP contribution is 2.46. The van der Waals surface area contributed by atoms with Gasteiger partial charge in [0.2, 0.25) is 5.91 Å². The lowest BCUT2D eigenvalue weighted by Crippen LogP contribution is -2.40. The zero-order valence-corrected chi connectivity index (χ0v) is 23.1. The molecule has 2 aromatic heterocycles. The van der Waals surface area contributed by atoms with Gasteiger partial charge in [-0.25, -0.2) is 14.6 Å². The van der Waals surface area contributed by atoms with Gasteiger partial charge in [-0.2, -0.15) is 5.10 Å². The van der Waals surface area contributed by atoms with Gasteiger partial charge in [0, 0.05) is 36.7 Å². The number of benzene rings is 2. The predicted octanol–water partition coefficient (Wildman–Crippen LogP) is 5.07. The highest BCUT2D eigenvalue weighted by molar-refractivity contribution is 5.98. The number of hydrogen-bond donors (Lipinski definition) is 1. The first-order valence-corrected chi connectivity index (χ1v) is 14.7. The lowest BCUT2D eigenvalue weighted by molar-refractivity contribution is -0.128. The molecule has 1 aliphatic carbocycles. The van der Waals surface area contributed by atoms with Crippen LogP contribution in [0.4, 0.5) is 5.82 Å². The summed E-state index contributed by atoms with van der Waals surface area (Å²) in [6.45, 7) is 3.87. The molecule has 3 aliphatic rings. The Morgan fingerprint density at radius 1 is 0.976 bits per heavy atom. The summed E-state index contributed by atoms with van der Waals surface area (Å²) in [5.41, 5.74) is 8.82. The maximum Gasteiger partial charge on any atom is 0.246 e. The quantitative estimate of drug-likeness (QED) is 0.321. The van der Waals surface area contributed by atoms with Crippen molar-refractivity contribution in [1.82, 2.24) is 29.5 Å². The standard InChI is InChI=1S/C32H35N7O2/c33-31-29-30(22-11-13-26(14-12-22)41-25-8-3-1-4-9-25)36-39(32(29)35-21-34-31)27-19-24-18-23(27)20-38(24)28(40)10-7-17-37-15-5-2-6-16-37/h1,3-4,7-14,21,23-24,27H,2,5-6,15-20H2,(H2,33,34,35)/b10-7+. The van der Waals surface area contributed by atoms with Crippen LogP contribution in [0.1, 0.15) is 38.1 Å². The molecular formula is C32H35N7O2. The maximum atomic E-state index is 13.1. The number of fused-ring (bicyclic) bond motifs is 3. The van der Waals surface area contributed by atoms with E-state index in [9.17, 15) is 4.79 Å². The van der Waals surface area contributed by atoms with Crippen molar-refractivity contribution in [3.05, 3.63) is 73.1 Å². The zero-order valence-electron chi connectivity index (χ0n) is 23.1. The van der Waals surface area contributed by atoms with E-state index in [-0.39, 0.29) is 18.0 Å². The van der Waals surface area contributed by atoms with Crippen LogP contribution in [0.2, 0.25) is 0 Å². The highest BCUT2D eigenvalue weighted by atomic mass is 16.5. The predicted molar refractivity (Wildman–Crippen MR) is 158 cm³/mol. The molecule has 2 saturated heterocycles. The van der Waals surface area contributed by atoms with Gasteiger partial charge in [-0.05, 0) is 75.2 Å². The minimum absolute atomic E-state index is 0.128. The molecule has 2 aliphatic heterocycles. The summed E-state index contributed by atoms with van der Waals surface area (Å²) in [4.78, 5) is 26.4. The van der Waals surface area contributed by atoms with Gasteiger partial charge in [0.25, 0.3) is 0 Å². The molecule has 1 saturated carbocycles. The van der Waals surface area contributed by atoms with Gasteiger partial charge < -0.3 is 15.4 Å². The average molecular weight is 550 g/mol. The number of carbonyl (C=O) groups excluding carboxylic acids is 1. The number of anilines is 1. The van der Waals surface area contributed by atoms with Crippen LogP contribution >= 0.6 is 0 Å². The smallest absolute Gasteiger partial charge is 0.246 e. The molecule has 1 amide bonds. The number of hydrogen-bond acceptors (Lipinski definition) is 7. The van der Waals surface area contributed by atoms with E-state index in [4.69, 9.17) is 15.6 Å². The number of ether oxygens (including phenoxy) is 1. The highest BCUT2D eigenvalue weighted by Gasteiger charge is 2.47. The Morgan fingerprint density at radius 2 is 1.76 bits per heavy atom. The van der Waals surface area contributed by atoms with Crippen molar-refractivity contribution in [2.24, 2.45) is 5.92 Å². The number of nitrogen functional groups attached to an aromatic ring is 1. The van der Waals surface area contributed by atoms with Gasteiger partial charge in [-0.1, -0.05) is 30.7 Å². The molecule has 2 N–H and O–H groups in total. The van der Waals surface area contributed by atoms with Crippen LogP contribution in [-0.2, 0) is 4.79 Å². The molecule has 9 nitrogen and oxygen atoms in total. The van der Waals surface area contributed by atoms with Crippen LogP contribution in [0.3, 0.4) is 0 Å². The third kappa shape index (κ3) is 5.06. The summed E-state index contributed by atoms with van der Waals surface area (Å²) in [5, 5.41) is 5.84. The molecule has 210 valence electrons. The topological polar surface area (TPSA) is 102 Å². The first-order valence-electron chi connectivity index (χ1n) is 14.7. The molecular weight excluding hydrogens is 514 g/mol.